The highest BCUT2D eigenvalue weighted by atomic mass is 16.9. The summed E-state index contributed by atoms with van der Waals surface area (Å²) in [6.45, 7) is 21.3. The maximum Gasteiger partial charge on any atom is 0.285 e. The molecule has 0 aromatic rings. The van der Waals surface area contributed by atoms with Crippen molar-refractivity contribution in [3.8, 4) is 0 Å². The predicted octanol–water partition coefficient (Wildman–Crippen LogP) is 11.9. The summed E-state index contributed by atoms with van der Waals surface area (Å²) in [7, 11) is 1.66. The lowest BCUT2D eigenvalue weighted by atomic mass is 9.93. The molecule has 0 aliphatic heterocycles. The van der Waals surface area contributed by atoms with Crippen molar-refractivity contribution in [3.63, 3.8) is 0 Å². The normalized spacial score (nSPS) is 12.8. The molecule has 0 fully saturated rings. The van der Waals surface area contributed by atoms with Gasteiger partial charge < -0.3 is 37.9 Å². The van der Waals surface area contributed by atoms with Crippen molar-refractivity contribution in [1.29, 1.82) is 0 Å². The molecule has 0 aromatic carbocycles. The maximum atomic E-state index is 6.06. The van der Waals surface area contributed by atoms with Crippen LogP contribution in [0.15, 0.2) is 24.7 Å². The SMILES string of the molecule is CCC=COCCCC(CCCCCCCC)C(OCC)(OCC)OCC.CCCCCCCCCC(COC=CCOC)(OCC)OCC. The monoisotopic (exact) mass is 717 g/mol. The summed E-state index contributed by atoms with van der Waals surface area (Å²) in [4.78, 5) is 0. The Morgan fingerprint density at radius 3 is 1.48 bits per heavy atom. The molecule has 0 spiro atoms. The van der Waals surface area contributed by atoms with Crippen LogP contribution in [0.2, 0.25) is 0 Å². The molecule has 0 bridgehead atoms. The van der Waals surface area contributed by atoms with Gasteiger partial charge in [0.25, 0.3) is 5.97 Å². The molecule has 0 saturated carbocycles. The van der Waals surface area contributed by atoms with Crippen molar-refractivity contribution < 1.29 is 37.9 Å². The third-order valence-electron chi connectivity index (χ3n) is 8.42. The first-order valence-electron chi connectivity index (χ1n) is 20.7. The van der Waals surface area contributed by atoms with Gasteiger partial charge in [-0.1, -0.05) is 104 Å². The lowest BCUT2D eigenvalue weighted by Crippen LogP contribution is -2.47. The minimum absolute atomic E-state index is 0.224. The second kappa shape index (κ2) is 39.1. The molecule has 0 aliphatic rings. The molecule has 0 rings (SSSR count). The van der Waals surface area contributed by atoms with E-state index >= 15 is 0 Å². The summed E-state index contributed by atoms with van der Waals surface area (Å²) in [6.07, 6.45) is 29.0. The molecule has 0 radical (unpaired) electrons. The first-order chi connectivity index (χ1) is 24.4. The largest absolute Gasteiger partial charge is 0.502 e. The summed E-state index contributed by atoms with van der Waals surface area (Å²) >= 11 is 0. The molecule has 0 N–H and O–H groups in total. The van der Waals surface area contributed by atoms with Gasteiger partial charge in [-0.05, 0) is 72.8 Å². The quantitative estimate of drug-likeness (QED) is 0.0357. The molecule has 0 aromatic heterocycles. The van der Waals surface area contributed by atoms with Crippen LogP contribution in [-0.4, -0.2) is 71.7 Å². The Balaban J connectivity index is 0. The van der Waals surface area contributed by atoms with Crippen molar-refractivity contribution in [2.24, 2.45) is 5.92 Å². The van der Waals surface area contributed by atoms with Crippen LogP contribution < -0.4 is 0 Å². The summed E-state index contributed by atoms with van der Waals surface area (Å²) in [5.41, 5.74) is 0. The fourth-order valence-corrected chi connectivity index (χ4v) is 5.99. The van der Waals surface area contributed by atoms with Gasteiger partial charge in [0.1, 0.15) is 6.61 Å². The number of allylic oxidation sites excluding steroid dienone is 1. The van der Waals surface area contributed by atoms with Gasteiger partial charge >= 0.3 is 0 Å². The topological polar surface area (TPSA) is 73.8 Å². The van der Waals surface area contributed by atoms with Crippen molar-refractivity contribution in [3.05, 3.63) is 24.7 Å². The Morgan fingerprint density at radius 2 is 0.980 bits per heavy atom. The summed E-state index contributed by atoms with van der Waals surface area (Å²) in [6, 6.07) is 0. The van der Waals surface area contributed by atoms with E-state index < -0.39 is 11.8 Å². The van der Waals surface area contributed by atoms with Gasteiger partial charge in [-0.25, -0.2) is 0 Å². The van der Waals surface area contributed by atoms with Gasteiger partial charge in [0, 0.05) is 52.5 Å². The van der Waals surface area contributed by atoms with E-state index in [0.29, 0.717) is 46.2 Å². The van der Waals surface area contributed by atoms with Crippen LogP contribution in [0.4, 0.5) is 0 Å². The highest BCUT2D eigenvalue weighted by Crippen LogP contribution is 2.34. The summed E-state index contributed by atoms with van der Waals surface area (Å²) in [5, 5.41) is 0. The average molecular weight is 717 g/mol. The first-order valence-corrected chi connectivity index (χ1v) is 20.7. The molecule has 300 valence electrons. The molecule has 1 atom stereocenters. The zero-order valence-electron chi connectivity index (χ0n) is 34.5. The van der Waals surface area contributed by atoms with Crippen LogP contribution in [0.5, 0.6) is 0 Å². The Labute approximate surface area is 310 Å². The third-order valence-corrected chi connectivity index (χ3v) is 8.42. The molecular formula is C42H84O8. The van der Waals surface area contributed by atoms with E-state index in [1.807, 2.05) is 53.0 Å². The van der Waals surface area contributed by atoms with E-state index in [9.17, 15) is 0 Å². The van der Waals surface area contributed by atoms with E-state index in [2.05, 4.69) is 20.8 Å². The molecule has 8 heteroatoms. The number of hydrogen-bond donors (Lipinski definition) is 0. The first kappa shape index (κ1) is 50.9. The average Bonchev–Trinajstić information content (AvgIpc) is 3.10. The zero-order chi connectivity index (χ0) is 37.4. The van der Waals surface area contributed by atoms with E-state index in [1.165, 1.54) is 77.0 Å². The molecular weight excluding hydrogens is 632 g/mol. The zero-order valence-corrected chi connectivity index (χ0v) is 34.5. The maximum absolute atomic E-state index is 6.06. The second-order valence-electron chi connectivity index (χ2n) is 12.7. The van der Waals surface area contributed by atoms with Gasteiger partial charge in [0.2, 0.25) is 5.79 Å². The summed E-state index contributed by atoms with van der Waals surface area (Å²) < 4.78 is 46.2. The number of hydrogen-bond acceptors (Lipinski definition) is 8. The fourth-order valence-electron chi connectivity index (χ4n) is 5.99. The Morgan fingerprint density at radius 1 is 0.500 bits per heavy atom. The molecule has 0 amide bonds. The van der Waals surface area contributed by atoms with Crippen LogP contribution in [0.3, 0.4) is 0 Å². The molecule has 0 saturated heterocycles. The minimum Gasteiger partial charge on any atom is -0.502 e. The predicted molar refractivity (Wildman–Crippen MR) is 209 cm³/mol. The lowest BCUT2D eigenvalue weighted by Gasteiger charge is -2.39. The van der Waals surface area contributed by atoms with E-state index in [0.717, 1.165) is 45.1 Å². The van der Waals surface area contributed by atoms with Crippen LogP contribution in [0, 0.1) is 5.92 Å². The van der Waals surface area contributed by atoms with Gasteiger partial charge in [0.05, 0.1) is 25.7 Å². The number of ether oxygens (including phenoxy) is 8. The third kappa shape index (κ3) is 28.4. The van der Waals surface area contributed by atoms with Gasteiger partial charge in [0.15, 0.2) is 0 Å². The Hall–Kier alpha value is -1.16. The Kier molecular flexibility index (Phi) is 39.8. The van der Waals surface area contributed by atoms with Crippen LogP contribution in [0.1, 0.15) is 171 Å². The smallest absolute Gasteiger partial charge is 0.285 e. The minimum atomic E-state index is -0.916. The molecule has 1 unspecified atom stereocenters. The van der Waals surface area contributed by atoms with Crippen LogP contribution in [-0.2, 0) is 37.9 Å². The van der Waals surface area contributed by atoms with Crippen molar-refractivity contribution in [2.75, 3.05) is 60.0 Å². The van der Waals surface area contributed by atoms with Gasteiger partial charge in [-0.2, -0.15) is 0 Å². The molecule has 50 heavy (non-hydrogen) atoms. The van der Waals surface area contributed by atoms with Crippen LogP contribution in [0.25, 0.3) is 0 Å². The standard InChI is InChI=1S/C23H46O4.C19H38O4/c1-6-11-13-14-15-16-18-22(19-17-21-24-20-12-7-2)23(25-8-3,26-9-4)27-10-5;1-5-8-9-10-11-12-13-15-19(22-6-2,23-7-3)18-21-17-14-16-20-4/h12,20,22H,6-11,13-19,21H2,1-5H3;14,17H,5-13,15-16,18H2,1-4H3. The van der Waals surface area contributed by atoms with E-state index in [-0.39, 0.29) is 5.92 Å². The summed E-state index contributed by atoms with van der Waals surface area (Å²) in [5.74, 6) is -1.31. The van der Waals surface area contributed by atoms with E-state index in [4.69, 9.17) is 37.9 Å². The van der Waals surface area contributed by atoms with Crippen molar-refractivity contribution in [2.45, 2.75) is 183 Å². The molecule has 0 aliphatic carbocycles. The highest BCUT2D eigenvalue weighted by molar-refractivity contribution is 4.77. The van der Waals surface area contributed by atoms with Gasteiger partial charge in [-0.3, -0.25) is 0 Å². The number of rotatable bonds is 37. The van der Waals surface area contributed by atoms with Crippen LogP contribution >= 0.6 is 0 Å². The fraction of sp³-hybridized carbons (Fsp3) is 0.905. The van der Waals surface area contributed by atoms with Gasteiger partial charge in [-0.15, -0.1) is 0 Å². The highest BCUT2D eigenvalue weighted by Gasteiger charge is 2.41. The Bertz CT molecular complexity index is 691. The molecule has 8 nitrogen and oxygen atoms in total. The second-order valence-corrected chi connectivity index (χ2v) is 12.7. The van der Waals surface area contributed by atoms with Crippen molar-refractivity contribution in [1.82, 2.24) is 0 Å². The lowest BCUT2D eigenvalue weighted by molar-refractivity contribution is -0.403. The van der Waals surface area contributed by atoms with E-state index in [1.54, 1.807) is 13.4 Å². The van der Waals surface area contributed by atoms with Crippen molar-refractivity contribution >= 4 is 0 Å². The number of methoxy groups -OCH3 is 1. The number of unbranched alkanes of at least 4 members (excludes halogenated alkanes) is 11. The molecule has 0 heterocycles.